The third kappa shape index (κ3) is 3.93. The van der Waals surface area contributed by atoms with Crippen LogP contribution in [0.4, 0.5) is 5.69 Å². The Bertz CT molecular complexity index is 503. The molecule has 0 spiro atoms. The van der Waals surface area contributed by atoms with Crippen molar-refractivity contribution in [2.75, 3.05) is 29.5 Å². The molecule has 1 amide bonds. The van der Waals surface area contributed by atoms with E-state index >= 15 is 0 Å². The van der Waals surface area contributed by atoms with Crippen LogP contribution in [0.1, 0.15) is 24.0 Å². The third-order valence-electron chi connectivity index (χ3n) is 4.07. The fourth-order valence-electron chi connectivity index (χ4n) is 3.06. The lowest BCUT2D eigenvalue weighted by Gasteiger charge is -2.32. The number of hydrogen-bond acceptors (Lipinski definition) is 3. The molecule has 0 radical (unpaired) electrons. The highest BCUT2D eigenvalue weighted by atomic mass is 35.5. The second-order valence-electron chi connectivity index (χ2n) is 5.71. The van der Waals surface area contributed by atoms with E-state index in [1.54, 1.807) is 0 Å². The predicted octanol–water partition coefficient (Wildman–Crippen LogP) is 2.79. The molecule has 0 aromatic heterocycles. The summed E-state index contributed by atoms with van der Waals surface area (Å²) in [6.07, 6.45) is 2.80. The SMILES string of the molecule is Cc1ccc2c(c1)CCCN2C(=O)CC1CSCCN1.Cl. The van der Waals surface area contributed by atoms with E-state index in [0.717, 1.165) is 43.1 Å². The minimum atomic E-state index is 0. The molecule has 1 aromatic carbocycles. The molecule has 1 atom stereocenters. The van der Waals surface area contributed by atoms with Gasteiger partial charge in [0.2, 0.25) is 5.91 Å². The fraction of sp³-hybridized carbons (Fsp3) is 0.562. The maximum absolute atomic E-state index is 12.6. The van der Waals surface area contributed by atoms with E-state index in [0.29, 0.717) is 12.5 Å². The lowest BCUT2D eigenvalue weighted by Crippen LogP contribution is -2.44. The molecule has 2 heterocycles. The van der Waals surface area contributed by atoms with Gasteiger partial charge >= 0.3 is 0 Å². The molecule has 3 rings (SSSR count). The van der Waals surface area contributed by atoms with E-state index < -0.39 is 0 Å². The first kappa shape index (κ1) is 16.7. The van der Waals surface area contributed by atoms with Crippen LogP contribution in [-0.4, -0.2) is 36.5 Å². The lowest BCUT2D eigenvalue weighted by molar-refractivity contribution is -0.119. The smallest absolute Gasteiger partial charge is 0.228 e. The van der Waals surface area contributed by atoms with E-state index in [-0.39, 0.29) is 18.3 Å². The first-order chi connectivity index (χ1) is 9.74. The molecule has 21 heavy (non-hydrogen) atoms. The van der Waals surface area contributed by atoms with E-state index in [9.17, 15) is 4.79 Å². The Labute approximate surface area is 137 Å². The van der Waals surface area contributed by atoms with Crippen molar-refractivity contribution in [1.82, 2.24) is 5.32 Å². The average Bonchev–Trinajstić information content (AvgIpc) is 2.47. The summed E-state index contributed by atoms with van der Waals surface area (Å²) in [5, 5.41) is 3.45. The van der Waals surface area contributed by atoms with Crippen LogP contribution < -0.4 is 10.2 Å². The van der Waals surface area contributed by atoms with Crippen molar-refractivity contribution in [3.05, 3.63) is 29.3 Å². The van der Waals surface area contributed by atoms with Crippen molar-refractivity contribution in [2.45, 2.75) is 32.2 Å². The van der Waals surface area contributed by atoms with E-state index in [1.165, 1.54) is 11.1 Å². The standard InChI is InChI=1S/C16H22N2OS.ClH/c1-12-4-5-15-13(9-12)3-2-7-18(15)16(19)10-14-11-20-8-6-17-14;/h4-5,9,14,17H,2-3,6-8,10-11H2,1H3;1H. The first-order valence-corrected chi connectivity index (χ1v) is 8.60. The maximum Gasteiger partial charge on any atom is 0.228 e. The molecule has 2 aliphatic rings. The van der Waals surface area contributed by atoms with Gasteiger partial charge < -0.3 is 10.2 Å². The molecule has 0 saturated carbocycles. The molecular formula is C16H23ClN2OS. The Balaban J connectivity index is 0.00000161. The topological polar surface area (TPSA) is 32.3 Å². The highest BCUT2D eigenvalue weighted by Gasteiger charge is 2.25. The number of benzene rings is 1. The molecule has 2 aliphatic heterocycles. The van der Waals surface area contributed by atoms with Gasteiger partial charge in [-0.15, -0.1) is 12.4 Å². The Kier molecular flexibility index (Phi) is 5.97. The molecule has 116 valence electrons. The number of rotatable bonds is 2. The largest absolute Gasteiger partial charge is 0.312 e. The molecule has 1 unspecified atom stereocenters. The molecular weight excluding hydrogens is 304 g/mol. The number of carbonyl (C=O) groups is 1. The van der Waals surface area contributed by atoms with Crippen LogP contribution in [0.2, 0.25) is 0 Å². The van der Waals surface area contributed by atoms with Crippen LogP contribution in [0.15, 0.2) is 18.2 Å². The van der Waals surface area contributed by atoms with E-state index in [4.69, 9.17) is 0 Å². The lowest BCUT2D eigenvalue weighted by atomic mass is 9.99. The van der Waals surface area contributed by atoms with Crippen LogP contribution in [0.5, 0.6) is 0 Å². The zero-order valence-electron chi connectivity index (χ0n) is 12.4. The Morgan fingerprint density at radius 2 is 2.33 bits per heavy atom. The van der Waals surface area contributed by atoms with Gasteiger partial charge in [0.25, 0.3) is 0 Å². The summed E-state index contributed by atoms with van der Waals surface area (Å²) in [4.78, 5) is 14.6. The number of nitrogens with one attached hydrogen (secondary N) is 1. The number of thioether (sulfide) groups is 1. The quantitative estimate of drug-likeness (QED) is 0.907. The first-order valence-electron chi connectivity index (χ1n) is 7.45. The molecule has 0 aliphatic carbocycles. The van der Waals surface area contributed by atoms with Crippen molar-refractivity contribution < 1.29 is 4.79 Å². The van der Waals surface area contributed by atoms with Crippen molar-refractivity contribution >= 4 is 35.8 Å². The Hall–Kier alpha value is -0.710. The normalized spacial score (nSPS) is 21.4. The summed E-state index contributed by atoms with van der Waals surface area (Å²) in [5.74, 6) is 2.49. The summed E-state index contributed by atoms with van der Waals surface area (Å²) in [5.41, 5.74) is 3.74. The number of aryl methyl sites for hydroxylation is 2. The van der Waals surface area contributed by atoms with Crippen molar-refractivity contribution in [3.8, 4) is 0 Å². The highest BCUT2D eigenvalue weighted by Crippen LogP contribution is 2.28. The zero-order valence-corrected chi connectivity index (χ0v) is 14.1. The number of halogens is 1. The summed E-state index contributed by atoms with van der Waals surface area (Å²) >= 11 is 1.95. The molecule has 1 aromatic rings. The van der Waals surface area contributed by atoms with Gasteiger partial charge in [-0.05, 0) is 31.4 Å². The summed E-state index contributed by atoms with van der Waals surface area (Å²) in [6, 6.07) is 6.80. The zero-order chi connectivity index (χ0) is 13.9. The predicted molar refractivity (Wildman–Crippen MR) is 92.8 cm³/mol. The monoisotopic (exact) mass is 326 g/mol. The number of nitrogens with zero attached hydrogens (tertiary/aromatic N) is 1. The molecule has 1 saturated heterocycles. The number of amides is 1. The molecule has 0 bridgehead atoms. The van der Waals surface area contributed by atoms with Crippen LogP contribution in [0, 0.1) is 6.92 Å². The Morgan fingerprint density at radius 3 is 3.10 bits per heavy atom. The molecule has 1 N–H and O–H groups in total. The second kappa shape index (κ2) is 7.52. The van der Waals surface area contributed by atoms with Gasteiger partial charge in [0, 0.05) is 42.7 Å². The van der Waals surface area contributed by atoms with Gasteiger partial charge in [-0.1, -0.05) is 17.7 Å². The molecule has 5 heteroatoms. The van der Waals surface area contributed by atoms with Crippen LogP contribution in [-0.2, 0) is 11.2 Å². The number of fused-ring (bicyclic) bond motifs is 1. The summed E-state index contributed by atoms with van der Waals surface area (Å²) in [6.45, 7) is 4.01. The van der Waals surface area contributed by atoms with Gasteiger partial charge in [0.05, 0.1) is 0 Å². The van der Waals surface area contributed by atoms with Crippen molar-refractivity contribution in [2.24, 2.45) is 0 Å². The van der Waals surface area contributed by atoms with Crippen LogP contribution >= 0.6 is 24.2 Å². The van der Waals surface area contributed by atoms with Crippen molar-refractivity contribution in [3.63, 3.8) is 0 Å². The summed E-state index contributed by atoms with van der Waals surface area (Å²) in [7, 11) is 0. The third-order valence-corrected chi connectivity index (χ3v) is 5.21. The Morgan fingerprint density at radius 1 is 1.48 bits per heavy atom. The van der Waals surface area contributed by atoms with Crippen molar-refractivity contribution in [1.29, 1.82) is 0 Å². The minimum Gasteiger partial charge on any atom is -0.312 e. The van der Waals surface area contributed by atoms with Crippen LogP contribution in [0.25, 0.3) is 0 Å². The number of anilines is 1. The maximum atomic E-state index is 12.6. The average molecular weight is 327 g/mol. The van der Waals surface area contributed by atoms with Gasteiger partial charge in [-0.3, -0.25) is 4.79 Å². The fourth-order valence-corrected chi connectivity index (χ4v) is 4.01. The van der Waals surface area contributed by atoms with E-state index in [2.05, 4.69) is 30.4 Å². The van der Waals surface area contributed by atoms with E-state index in [1.807, 2.05) is 16.7 Å². The highest BCUT2D eigenvalue weighted by molar-refractivity contribution is 7.99. The van der Waals surface area contributed by atoms with Gasteiger partial charge in [0.1, 0.15) is 0 Å². The summed E-state index contributed by atoms with van der Waals surface area (Å²) < 4.78 is 0. The molecule has 3 nitrogen and oxygen atoms in total. The second-order valence-corrected chi connectivity index (χ2v) is 6.86. The van der Waals surface area contributed by atoms with Gasteiger partial charge in [-0.25, -0.2) is 0 Å². The van der Waals surface area contributed by atoms with Crippen LogP contribution in [0.3, 0.4) is 0 Å². The number of hydrogen-bond donors (Lipinski definition) is 1. The van der Waals surface area contributed by atoms with Gasteiger partial charge in [0.15, 0.2) is 0 Å². The number of carbonyl (C=O) groups excluding carboxylic acids is 1. The minimum absolute atomic E-state index is 0. The molecule has 1 fully saturated rings. The van der Waals surface area contributed by atoms with Gasteiger partial charge in [-0.2, -0.15) is 11.8 Å².